The van der Waals surface area contributed by atoms with Crippen molar-refractivity contribution in [1.29, 1.82) is 0 Å². The van der Waals surface area contributed by atoms with E-state index >= 15 is 0 Å². The van der Waals surface area contributed by atoms with Crippen LogP contribution >= 0.6 is 11.6 Å². The molecule has 4 rings (SSSR count). The van der Waals surface area contributed by atoms with Crippen molar-refractivity contribution < 1.29 is 23.8 Å². The molecule has 0 radical (unpaired) electrons. The predicted octanol–water partition coefficient (Wildman–Crippen LogP) is 5.32. The van der Waals surface area contributed by atoms with Crippen LogP contribution in [-0.4, -0.2) is 50.8 Å². The maximum atomic E-state index is 13.4. The van der Waals surface area contributed by atoms with E-state index in [1.807, 2.05) is 31.2 Å². The third kappa shape index (κ3) is 5.91. The van der Waals surface area contributed by atoms with E-state index < -0.39 is 6.04 Å². The molecule has 3 aromatic rings. The SMILES string of the molecule is CCOc1ccc(NC(=O)N2CCc3cc(OC)c(OC)cc3C2CNC(=O)c2ccccc2Cl)cc1. The third-order valence-electron chi connectivity index (χ3n) is 6.25. The molecule has 0 aromatic heterocycles. The normalized spacial score (nSPS) is 14.4. The van der Waals surface area contributed by atoms with Gasteiger partial charge in [-0.15, -0.1) is 0 Å². The standard InChI is InChI=1S/C28H30ClN3O5/c1-4-37-20-11-9-19(10-12-20)31-28(34)32-14-13-18-15-25(35-2)26(36-3)16-22(18)24(32)17-30-27(33)21-7-5-6-8-23(21)29/h5-12,15-16,24H,4,13-14,17H2,1-3H3,(H,30,33)(H,31,34). The quantitative estimate of drug-likeness (QED) is 0.417. The number of amides is 3. The highest BCUT2D eigenvalue weighted by molar-refractivity contribution is 6.33. The van der Waals surface area contributed by atoms with Gasteiger partial charge in [0.2, 0.25) is 0 Å². The van der Waals surface area contributed by atoms with Gasteiger partial charge >= 0.3 is 6.03 Å². The van der Waals surface area contributed by atoms with Gasteiger partial charge in [0.05, 0.1) is 37.5 Å². The largest absolute Gasteiger partial charge is 0.494 e. The van der Waals surface area contributed by atoms with Gasteiger partial charge in [-0.2, -0.15) is 0 Å². The Bertz CT molecular complexity index is 1270. The van der Waals surface area contributed by atoms with E-state index in [4.69, 9.17) is 25.8 Å². The minimum atomic E-state index is -0.447. The molecule has 0 saturated carbocycles. The number of ether oxygens (including phenoxy) is 3. The fourth-order valence-corrected chi connectivity index (χ4v) is 4.64. The van der Waals surface area contributed by atoms with Crippen LogP contribution in [0.2, 0.25) is 5.02 Å². The van der Waals surface area contributed by atoms with Crippen LogP contribution in [0.15, 0.2) is 60.7 Å². The van der Waals surface area contributed by atoms with Crippen LogP contribution < -0.4 is 24.8 Å². The number of carbonyl (C=O) groups is 2. The van der Waals surface area contributed by atoms with Crippen molar-refractivity contribution in [2.24, 2.45) is 0 Å². The number of nitrogens with one attached hydrogen (secondary N) is 2. The Hall–Kier alpha value is -3.91. The zero-order valence-corrected chi connectivity index (χ0v) is 21.8. The summed E-state index contributed by atoms with van der Waals surface area (Å²) in [4.78, 5) is 28.1. The van der Waals surface area contributed by atoms with Gasteiger partial charge in [0.1, 0.15) is 5.75 Å². The number of halogens is 1. The first kappa shape index (κ1) is 26.2. The number of hydrogen-bond acceptors (Lipinski definition) is 5. The lowest BCUT2D eigenvalue weighted by Gasteiger charge is -2.38. The number of fused-ring (bicyclic) bond motifs is 1. The van der Waals surface area contributed by atoms with Gasteiger partial charge in [0.25, 0.3) is 5.91 Å². The lowest BCUT2D eigenvalue weighted by Crippen LogP contribution is -2.46. The first-order valence-electron chi connectivity index (χ1n) is 12.0. The molecule has 0 saturated heterocycles. The molecular formula is C28H30ClN3O5. The third-order valence-corrected chi connectivity index (χ3v) is 6.58. The summed E-state index contributed by atoms with van der Waals surface area (Å²) in [7, 11) is 3.16. The molecule has 3 aromatic carbocycles. The summed E-state index contributed by atoms with van der Waals surface area (Å²) in [5.74, 6) is 1.59. The molecule has 0 aliphatic carbocycles. The van der Waals surface area contributed by atoms with Gasteiger partial charge in [-0.25, -0.2) is 4.79 Å². The number of methoxy groups -OCH3 is 2. The molecule has 0 fully saturated rings. The molecule has 9 heteroatoms. The Balaban J connectivity index is 1.60. The topological polar surface area (TPSA) is 89.1 Å². The highest BCUT2D eigenvalue weighted by Gasteiger charge is 2.33. The zero-order chi connectivity index (χ0) is 26.4. The first-order valence-corrected chi connectivity index (χ1v) is 12.4. The highest BCUT2D eigenvalue weighted by atomic mass is 35.5. The van der Waals surface area contributed by atoms with E-state index in [0.29, 0.717) is 47.3 Å². The van der Waals surface area contributed by atoms with E-state index in [1.165, 1.54) is 0 Å². The van der Waals surface area contributed by atoms with Gasteiger partial charge in [0, 0.05) is 18.8 Å². The summed E-state index contributed by atoms with van der Waals surface area (Å²) in [5.41, 5.74) is 2.92. The number of carbonyl (C=O) groups excluding carboxylic acids is 2. The minimum Gasteiger partial charge on any atom is -0.494 e. The Morgan fingerprint density at radius 1 is 1.03 bits per heavy atom. The van der Waals surface area contributed by atoms with E-state index in [9.17, 15) is 9.59 Å². The number of hydrogen-bond donors (Lipinski definition) is 2. The lowest BCUT2D eigenvalue weighted by molar-refractivity contribution is 0.0936. The van der Waals surface area contributed by atoms with Gasteiger partial charge in [0.15, 0.2) is 11.5 Å². The Morgan fingerprint density at radius 3 is 2.41 bits per heavy atom. The van der Waals surface area contributed by atoms with Gasteiger partial charge < -0.3 is 29.7 Å². The lowest BCUT2D eigenvalue weighted by atomic mass is 9.91. The summed E-state index contributed by atoms with van der Waals surface area (Å²) in [6.07, 6.45) is 0.626. The molecule has 1 atom stereocenters. The smallest absolute Gasteiger partial charge is 0.322 e. The van der Waals surface area contributed by atoms with Crippen LogP contribution in [0.5, 0.6) is 17.2 Å². The van der Waals surface area contributed by atoms with Gasteiger partial charge in [-0.1, -0.05) is 23.7 Å². The number of urea groups is 1. The fraction of sp³-hybridized carbons (Fsp3) is 0.286. The van der Waals surface area contributed by atoms with E-state index in [-0.39, 0.29) is 18.5 Å². The predicted molar refractivity (Wildman–Crippen MR) is 143 cm³/mol. The number of anilines is 1. The number of nitrogens with zero attached hydrogens (tertiary/aromatic N) is 1. The van der Waals surface area contributed by atoms with Crippen LogP contribution in [-0.2, 0) is 6.42 Å². The van der Waals surface area contributed by atoms with Crippen LogP contribution in [0.1, 0.15) is 34.5 Å². The average Bonchev–Trinajstić information content (AvgIpc) is 2.92. The minimum absolute atomic E-state index is 0.184. The maximum Gasteiger partial charge on any atom is 0.322 e. The molecule has 2 N–H and O–H groups in total. The van der Waals surface area contributed by atoms with E-state index in [2.05, 4.69) is 10.6 Å². The first-order chi connectivity index (χ1) is 17.9. The van der Waals surface area contributed by atoms with Gasteiger partial charge in [-0.05, 0) is 73.0 Å². The maximum absolute atomic E-state index is 13.4. The van der Waals surface area contributed by atoms with Crippen LogP contribution in [0.4, 0.5) is 10.5 Å². The molecule has 1 aliphatic rings. The number of benzene rings is 3. The monoisotopic (exact) mass is 523 g/mol. The van der Waals surface area contributed by atoms with Crippen molar-refractivity contribution in [2.75, 3.05) is 39.2 Å². The molecule has 3 amide bonds. The Morgan fingerprint density at radius 2 is 1.73 bits per heavy atom. The van der Waals surface area contributed by atoms with Crippen molar-refractivity contribution >= 4 is 29.2 Å². The van der Waals surface area contributed by atoms with Crippen LogP contribution in [0.3, 0.4) is 0 Å². The summed E-state index contributed by atoms with van der Waals surface area (Å²) < 4.78 is 16.5. The second kappa shape index (κ2) is 11.9. The summed E-state index contributed by atoms with van der Waals surface area (Å²) in [6, 6.07) is 17.1. The molecule has 194 valence electrons. The summed E-state index contributed by atoms with van der Waals surface area (Å²) in [6.45, 7) is 3.12. The van der Waals surface area contributed by atoms with Crippen molar-refractivity contribution in [3.05, 3.63) is 82.4 Å². The van der Waals surface area contributed by atoms with Crippen molar-refractivity contribution in [3.63, 3.8) is 0 Å². The van der Waals surface area contributed by atoms with E-state index in [1.54, 1.807) is 55.5 Å². The molecule has 1 aliphatic heterocycles. The molecule has 8 nitrogen and oxygen atoms in total. The number of rotatable bonds is 8. The van der Waals surface area contributed by atoms with Gasteiger partial charge in [-0.3, -0.25) is 4.79 Å². The molecule has 37 heavy (non-hydrogen) atoms. The molecule has 0 spiro atoms. The van der Waals surface area contributed by atoms with Crippen molar-refractivity contribution in [1.82, 2.24) is 10.2 Å². The Kier molecular flexibility index (Phi) is 8.40. The molecular weight excluding hydrogens is 494 g/mol. The Labute approximate surface area is 221 Å². The fourth-order valence-electron chi connectivity index (χ4n) is 4.42. The average molecular weight is 524 g/mol. The molecule has 1 heterocycles. The van der Waals surface area contributed by atoms with Crippen LogP contribution in [0.25, 0.3) is 0 Å². The second-order valence-corrected chi connectivity index (χ2v) is 8.85. The van der Waals surface area contributed by atoms with Crippen LogP contribution in [0, 0.1) is 0 Å². The molecule has 0 bridgehead atoms. The van der Waals surface area contributed by atoms with E-state index in [0.717, 1.165) is 16.9 Å². The second-order valence-electron chi connectivity index (χ2n) is 8.44. The summed E-state index contributed by atoms with van der Waals surface area (Å²) in [5, 5.41) is 6.28. The highest BCUT2D eigenvalue weighted by Crippen LogP contribution is 2.38. The molecule has 1 unspecified atom stereocenters. The van der Waals surface area contributed by atoms with Crippen molar-refractivity contribution in [2.45, 2.75) is 19.4 Å². The summed E-state index contributed by atoms with van der Waals surface area (Å²) >= 11 is 6.22. The zero-order valence-electron chi connectivity index (χ0n) is 21.0. The van der Waals surface area contributed by atoms with Crippen molar-refractivity contribution in [3.8, 4) is 17.2 Å².